The van der Waals surface area contributed by atoms with Crippen LogP contribution >= 0.6 is 0 Å². The quantitative estimate of drug-likeness (QED) is 0.640. The maximum Gasteiger partial charge on any atom is 0.230 e. The van der Waals surface area contributed by atoms with Gasteiger partial charge in [0.15, 0.2) is 11.5 Å². The van der Waals surface area contributed by atoms with Crippen LogP contribution in [-0.4, -0.2) is 44.5 Å². The normalized spacial score (nSPS) is 15.7. The van der Waals surface area contributed by atoms with Crippen LogP contribution in [0.25, 0.3) is 0 Å². The zero-order valence-corrected chi connectivity index (χ0v) is 19.0. The molecular weight excluding hydrogens is 394 g/mol. The summed E-state index contributed by atoms with van der Waals surface area (Å²) in [5.41, 5.74) is 1.86. The molecule has 1 aliphatic carbocycles. The largest absolute Gasteiger partial charge is 0.493 e. The van der Waals surface area contributed by atoms with Crippen LogP contribution in [0.5, 0.6) is 17.2 Å². The minimum Gasteiger partial charge on any atom is -0.493 e. The number of aliphatic hydroxyl groups is 1. The fourth-order valence-corrected chi connectivity index (χ4v) is 3.64. The molecule has 0 aliphatic heterocycles. The third kappa shape index (κ3) is 5.13. The Hall–Kier alpha value is -2.73. The number of ether oxygens (including phenoxy) is 3. The van der Waals surface area contributed by atoms with E-state index in [9.17, 15) is 9.90 Å². The molecule has 1 fully saturated rings. The first-order valence-electron chi connectivity index (χ1n) is 10.6. The summed E-state index contributed by atoms with van der Waals surface area (Å²) in [6.07, 6.45) is 0.773. The van der Waals surface area contributed by atoms with Crippen molar-refractivity contribution in [2.45, 2.75) is 50.5 Å². The minimum atomic E-state index is -0.863. The number of hydrogen-bond donors (Lipinski definition) is 2. The second-order valence-corrected chi connectivity index (χ2v) is 9.08. The predicted molar refractivity (Wildman–Crippen MR) is 120 cm³/mol. The highest BCUT2D eigenvalue weighted by Gasteiger charge is 2.51. The molecule has 1 amide bonds. The van der Waals surface area contributed by atoms with Gasteiger partial charge in [0, 0.05) is 6.54 Å². The number of hydrogen-bond acceptors (Lipinski definition) is 5. The van der Waals surface area contributed by atoms with Gasteiger partial charge in [-0.15, -0.1) is 0 Å². The van der Waals surface area contributed by atoms with Crippen molar-refractivity contribution in [2.24, 2.45) is 0 Å². The van der Waals surface area contributed by atoms with Gasteiger partial charge in [0.1, 0.15) is 12.7 Å². The summed E-state index contributed by atoms with van der Waals surface area (Å²) < 4.78 is 16.3. The van der Waals surface area contributed by atoms with E-state index in [0.29, 0.717) is 17.2 Å². The lowest BCUT2D eigenvalue weighted by Gasteiger charge is -2.22. The van der Waals surface area contributed by atoms with Gasteiger partial charge in [-0.3, -0.25) is 4.79 Å². The number of methoxy groups -OCH3 is 2. The van der Waals surface area contributed by atoms with Gasteiger partial charge in [0.25, 0.3) is 0 Å². The Kier molecular flexibility index (Phi) is 6.80. The number of aliphatic hydroxyl groups excluding tert-OH is 1. The van der Waals surface area contributed by atoms with Crippen LogP contribution in [0.3, 0.4) is 0 Å². The molecule has 2 N–H and O–H groups in total. The Labute approximate surface area is 184 Å². The van der Waals surface area contributed by atoms with Crippen LogP contribution in [0.15, 0.2) is 42.5 Å². The average molecular weight is 428 g/mol. The van der Waals surface area contributed by atoms with Crippen molar-refractivity contribution < 1.29 is 24.1 Å². The molecule has 0 bridgehead atoms. The molecular formula is C25H33NO5. The second kappa shape index (κ2) is 9.18. The van der Waals surface area contributed by atoms with Gasteiger partial charge in [-0.2, -0.15) is 0 Å². The third-order valence-corrected chi connectivity index (χ3v) is 5.79. The zero-order chi connectivity index (χ0) is 22.6. The summed E-state index contributed by atoms with van der Waals surface area (Å²) in [4.78, 5) is 12.9. The number of rotatable bonds is 9. The van der Waals surface area contributed by atoms with E-state index >= 15 is 0 Å². The van der Waals surface area contributed by atoms with Gasteiger partial charge < -0.3 is 24.6 Å². The van der Waals surface area contributed by atoms with Crippen molar-refractivity contribution in [3.8, 4) is 17.2 Å². The Balaban J connectivity index is 1.56. The van der Waals surface area contributed by atoms with Gasteiger partial charge in [0.05, 0.1) is 19.6 Å². The topological polar surface area (TPSA) is 77.0 Å². The van der Waals surface area contributed by atoms with E-state index in [1.807, 2.05) is 0 Å². The predicted octanol–water partition coefficient (Wildman–Crippen LogP) is 3.59. The van der Waals surface area contributed by atoms with E-state index < -0.39 is 11.5 Å². The molecule has 1 unspecified atom stereocenters. The molecule has 1 atom stereocenters. The van der Waals surface area contributed by atoms with Gasteiger partial charge in [-0.05, 0) is 41.5 Å². The highest BCUT2D eigenvalue weighted by Crippen LogP contribution is 2.48. The SMILES string of the molecule is COc1cccc(OC)c1OCC(O)CNC(=O)C1(c2ccc(C(C)(C)C)cc2)CC1. The molecule has 2 aromatic carbocycles. The van der Waals surface area contributed by atoms with Crippen molar-refractivity contribution in [3.63, 3.8) is 0 Å². The van der Waals surface area contributed by atoms with Crippen LogP contribution in [0, 0.1) is 0 Å². The number of amides is 1. The van der Waals surface area contributed by atoms with Crippen LogP contribution < -0.4 is 19.5 Å². The molecule has 0 radical (unpaired) electrons. The molecule has 0 spiro atoms. The van der Waals surface area contributed by atoms with Crippen molar-refractivity contribution in [2.75, 3.05) is 27.4 Å². The third-order valence-electron chi connectivity index (χ3n) is 5.79. The first-order chi connectivity index (χ1) is 14.7. The molecule has 31 heavy (non-hydrogen) atoms. The van der Waals surface area contributed by atoms with E-state index in [-0.39, 0.29) is 24.5 Å². The number of para-hydroxylation sites is 1. The summed E-state index contributed by atoms with van der Waals surface area (Å²) in [5, 5.41) is 13.2. The highest BCUT2D eigenvalue weighted by atomic mass is 16.5. The number of carbonyl (C=O) groups excluding carboxylic acids is 1. The van der Waals surface area contributed by atoms with E-state index in [0.717, 1.165) is 18.4 Å². The first-order valence-corrected chi connectivity index (χ1v) is 10.6. The molecule has 0 heterocycles. The van der Waals surface area contributed by atoms with Crippen molar-refractivity contribution in [1.29, 1.82) is 0 Å². The summed E-state index contributed by atoms with van der Waals surface area (Å²) in [5.74, 6) is 1.41. The van der Waals surface area contributed by atoms with E-state index in [4.69, 9.17) is 14.2 Å². The summed E-state index contributed by atoms with van der Waals surface area (Å²) in [6, 6.07) is 13.6. The lowest BCUT2D eigenvalue weighted by molar-refractivity contribution is -0.124. The summed E-state index contributed by atoms with van der Waals surface area (Å²) >= 11 is 0. The zero-order valence-electron chi connectivity index (χ0n) is 19.0. The Bertz CT molecular complexity index is 875. The molecule has 6 nitrogen and oxygen atoms in total. The molecule has 1 saturated carbocycles. The van der Waals surface area contributed by atoms with E-state index in [1.165, 1.54) is 5.56 Å². The minimum absolute atomic E-state index is 0.00426. The number of carbonyl (C=O) groups is 1. The maximum atomic E-state index is 12.9. The van der Waals surface area contributed by atoms with E-state index in [2.05, 4.69) is 50.4 Å². The molecule has 6 heteroatoms. The Morgan fingerprint density at radius 2 is 1.65 bits per heavy atom. The summed E-state index contributed by atoms with van der Waals surface area (Å²) in [6.45, 7) is 6.63. The smallest absolute Gasteiger partial charge is 0.230 e. The Morgan fingerprint density at radius 1 is 1.06 bits per heavy atom. The molecule has 168 valence electrons. The van der Waals surface area contributed by atoms with Crippen LogP contribution in [0.1, 0.15) is 44.7 Å². The van der Waals surface area contributed by atoms with Crippen LogP contribution in [0.4, 0.5) is 0 Å². The summed E-state index contributed by atoms with van der Waals surface area (Å²) in [7, 11) is 3.09. The standard InChI is InChI=1S/C25H33NO5/c1-24(2,3)17-9-11-18(12-10-17)25(13-14-25)23(28)26-15-19(27)16-31-22-20(29-4)7-6-8-21(22)30-5/h6-12,19,27H,13-16H2,1-5H3,(H,26,28). The number of nitrogens with one attached hydrogen (secondary N) is 1. The van der Waals surface area contributed by atoms with Crippen molar-refractivity contribution in [1.82, 2.24) is 5.32 Å². The molecule has 2 aromatic rings. The second-order valence-electron chi connectivity index (χ2n) is 9.08. The fraction of sp³-hybridized carbons (Fsp3) is 0.480. The molecule has 0 saturated heterocycles. The van der Waals surface area contributed by atoms with Crippen molar-refractivity contribution >= 4 is 5.91 Å². The van der Waals surface area contributed by atoms with Crippen LogP contribution in [0.2, 0.25) is 0 Å². The van der Waals surface area contributed by atoms with Crippen LogP contribution in [-0.2, 0) is 15.6 Å². The monoisotopic (exact) mass is 427 g/mol. The lowest BCUT2D eigenvalue weighted by atomic mass is 9.85. The maximum absolute atomic E-state index is 12.9. The van der Waals surface area contributed by atoms with Gasteiger partial charge in [-0.1, -0.05) is 51.1 Å². The van der Waals surface area contributed by atoms with E-state index in [1.54, 1.807) is 32.4 Å². The molecule has 0 aromatic heterocycles. The van der Waals surface area contributed by atoms with Gasteiger partial charge in [-0.25, -0.2) is 0 Å². The first kappa shape index (κ1) is 22.9. The molecule has 3 rings (SSSR count). The number of benzene rings is 2. The average Bonchev–Trinajstić information content (AvgIpc) is 3.57. The van der Waals surface area contributed by atoms with Gasteiger partial charge in [0.2, 0.25) is 11.7 Å². The van der Waals surface area contributed by atoms with Gasteiger partial charge >= 0.3 is 0 Å². The van der Waals surface area contributed by atoms with Crippen molar-refractivity contribution in [3.05, 3.63) is 53.6 Å². The Morgan fingerprint density at radius 3 is 2.13 bits per heavy atom. The highest BCUT2D eigenvalue weighted by molar-refractivity contribution is 5.91. The fourth-order valence-electron chi connectivity index (χ4n) is 3.64. The molecule has 1 aliphatic rings. The lowest BCUT2D eigenvalue weighted by Crippen LogP contribution is -2.40.